The van der Waals surface area contributed by atoms with E-state index in [2.05, 4.69) is 70.0 Å². The van der Waals surface area contributed by atoms with E-state index in [9.17, 15) is 23.1 Å². The molecule has 9 nitrogen and oxygen atoms in total. The van der Waals surface area contributed by atoms with E-state index in [0.29, 0.717) is 24.3 Å². The molecule has 1 saturated heterocycles. The van der Waals surface area contributed by atoms with Crippen LogP contribution in [0.25, 0.3) is 11.1 Å². The number of aryl methyl sites for hydroxylation is 1. The number of likely N-dealkylation sites (tertiary alicyclic amines) is 1. The molecule has 2 aromatic carbocycles. The Bertz CT molecular complexity index is 1490. The lowest BCUT2D eigenvalue weighted by Gasteiger charge is -2.19. The molecule has 2 N–H and O–H groups in total. The number of nitrogens with zero attached hydrogens (tertiary/aromatic N) is 1. The van der Waals surface area contributed by atoms with E-state index in [-0.39, 0.29) is 18.3 Å². The maximum absolute atomic E-state index is 13.2. The molecule has 0 spiro atoms. The van der Waals surface area contributed by atoms with Gasteiger partial charge in [-0.15, -0.1) is 0 Å². The molecule has 0 aliphatic carbocycles. The van der Waals surface area contributed by atoms with Crippen molar-refractivity contribution >= 4 is 21.7 Å². The summed E-state index contributed by atoms with van der Waals surface area (Å²) in [5, 5.41) is 12.0. The fraction of sp³-hybridized carbons (Fsp3) is 0.609. The molecule has 1 aliphatic heterocycles. The number of sulfone groups is 1. The van der Waals surface area contributed by atoms with Gasteiger partial charge in [0.05, 0.1) is 18.5 Å². The minimum atomic E-state index is -3.36. The molecule has 322 valence electrons. The van der Waals surface area contributed by atoms with Crippen LogP contribution in [-0.2, 0) is 30.7 Å². The highest BCUT2D eigenvalue weighted by atomic mass is 32.2. The molecule has 56 heavy (non-hydrogen) atoms. The van der Waals surface area contributed by atoms with Gasteiger partial charge in [0.2, 0.25) is 0 Å². The van der Waals surface area contributed by atoms with Crippen LogP contribution in [0.15, 0.2) is 66.3 Å². The second kappa shape index (κ2) is 34.9. The summed E-state index contributed by atoms with van der Waals surface area (Å²) >= 11 is 0. The Hall–Kier alpha value is -3.31. The number of benzene rings is 2. The van der Waals surface area contributed by atoms with Gasteiger partial charge in [-0.3, -0.25) is 9.69 Å². The first kappa shape index (κ1) is 57.0. The number of nitrogens with one attached hydrogen (secondary N) is 1. The van der Waals surface area contributed by atoms with E-state index < -0.39 is 27.8 Å². The Morgan fingerprint density at radius 3 is 2.04 bits per heavy atom. The lowest BCUT2D eigenvalue weighted by atomic mass is 9.93. The number of aliphatic carboxylic acids is 1. The largest absolute Gasteiger partial charge is 0.480 e. The number of methoxy groups -OCH3 is 2. The molecule has 0 radical (unpaired) electrons. The Labute approximate surface area is 343 Å². The van der Waals surface area contributed by atoms with Gasteiger partial charge in [0.25, 0.3) is 5.91 Å². The minimum Gasteiger partial charge on any atom is -0.480 e. The Morgan fingerprint density at radius 2 is 1.59 bits per heavy atom. The standard InChI is InChI=1S/C25H32N2O6S.C9H16O.C5H12.C3H8.2C2H6/c1-17-6-4-5-7-20(17)22-14-18(15-27-12-10-19(16-27)33-2)8-9-21(22)24(28)26-23(25(29)30)11-13-34(3,31)32;1-4-6-7-9(5-2)8-10-3;1-4-5(2)3;1-3-2;2*1-2/h4-9,14,19,23H,10-13,15-16H2,1-3H3,(H,26,28)(H,29,30);5-7H,4,8H2,1-3H3;5H,4H2,1-3H3;3H2,1-2H3;2*1-2H3/b;7-6-,9-5+;;;;. The maximum Gasteiger partial charge on any atom is 0.326 e. The zero-order valence-corrected chi connectivity index (χ0v) is 38.6. The van der Waals surface area contributed by atoms with Gasteiger partial charge >= 0.3 is 5.97 Å². The van der Waals surface area contributed by atoms with Crippen LogP contribution in [0.3, 0.4) is 0 Å². The second-order valence-corrected chi connectivity index (χ2v) is 15.7. The highest BCUT2D eigenvalue weighted by Crippen LogP contribution is 2.29. The van der Waals surface area contributed by atoms with Gasteiger partial charge in [-0.1, -0.05) is 131 Å². The number of hydrogen-bond acceptors (Lipinski definition) is 7. The molecule has 2 atom stereocenters. The predicted octanol–water partition coefficient (Wildman–Crippen LogP) is 10.6. The van der Waals surface area contributed by atoms with Gasteiger partial charge in [0, 0.05) is 45.7 Å². The summed E-state index contributed by atoms with van der Waals surface area (Å²) in [6.45, 7) is 28.2. The van der Waals surface area contributed by atoms with Crippen LogP contribution in [0.4, 0.5) is 0 Å². The van der Waals surface area contributed by atoms with Crippen molar-refractivity contribution in [2.45, 2.75) is 134 Å². The van der Waals surface area contributed by atoms with E-state index in [4.69, 9.17) is 9.47 Å². The van der Waals surface area contributed by atoms with Crippen LogP contribution in [0.5, 0.6) is 0 Å². The smallest absolute Gasteiger partial charge is 0.326 e. The van der Waals surface area contributed by atoms with Crippen molar-refractivity contribution in [2.75, 3.05) is 45.9 Å². The highest BCUT2D eigenvalue weighted by Gasteiger charge is 2.25. The van der Waals surface area contributed by atoms with Crippen LogP contribution in [0, 0.1) is 12.8 Å². The quantitative estimate of drug-likeness (QED) is 0.171. The Morgan fingerprint density at radius 1 is 1.00 bits per heavy atom. The van der Waals surface area contributed by atoms with E-state index in [1.54, 1.807) is 20.3 Å². The van der Waals surface area contributed by atoms with Crippen LogP contribution >= 0.6 is 0 Å². The molecule has 1 heterocycles. The highest BCUT2D eigenvalue weighted by molar-refractivity contribution is 7.90. The van der Waals surface area contributed by atoms with Crippen LogP contribution in [0.2, 0.25) is 0 Å². The van der Waals surface area contributed by atoms with E-state index in [1.165, 1.54) is 18.4 Å². The van der Waals surface area contributed by atoms with Crippen molar-refractivity contribution in [1.82, 2.24) is 10.2 Å². The van der Waals surface area contributed by atoms with Crippen LogP contribution in [0.1, 0.15) is 130 Å². The Balaban J connectivity index is -0.00000105. The fourth-order valence-corrected chi connectivity index (χ4v) is 5.53. The summed E-state index contributed by atoms with van der Waals surface area (Å²) in [6, 6.07) is 12.0. The number of carbonyl (C=O) groups is 2. The molecule has 2 unspecified atom stereocenters. The number of carboxylic acids is 1. The zero-order valence-electron chi connectivity index (χ0n) is 37.8. The molecule has 1 aliphatic rings. The average molecular weight is 805 g/mol. The third-order valence-corrected chi connectivity index (χ3v) is 9.16. The van der Waals surface area contributed by atoms with Gasteiger partial charge in [0.1, 0.15) is 15.9 Å². The minimum absolute atomic E-state index is 0.201. The summed E-state index contributed by atoms with van der Waals surface area (Å²) in [6.07, 6.45) is 12.0. The average Bonchev–Trinajstić information content (AvgIpc) is 3.64. The number of carbonyl (C=O) groups excluding carboxylic acids is 1. The molecule has 2 aromatic rings. The Kier molecular flexibility index (Phi) is 35.5. The summed E-state index contributed by atoms with van der Waals surface area (Å²) in [5.74, 6) is -1.26. The molecule has 10 heteroatoms. The van der Waals surface area contributed by atoms with Gasteiger partial charge in [0.15, 0.2) is 0 Å². The number of carboxylic acid groups (broad SMARTS) is 1. The van der Waals surface area contributed by atoms with Crippen LogP contribution in [-0.4, -0.2) is 88.4 Å². The van der Waals surface area contributed by atoms with Crippen molar-refractivity contribution in [2.24, 2.45) is 5.92 Å². The van der Waals surface area contributed by atoms with Crippen molar-refractivity contribution in [3.8, 4) is 11.1 Å². The van der Waals surface area contributed by atoms with Crippen molar-refractivity contribution in [3.05, 3.63) is 83.0 Å². The van der Waals surface area contributed by atoms with Crippen LogP contribution < -0.4 is 5.32 Å². The number of allylic oxidation sites excluding steroid dienone is 2. The molecule has 0 saturated carbocycles. The fourth-order valence-electron chi connectivity index (χ4n) is 4.87. The maximum atomic E-state index is 13.2. The SMILES string of the molecule is C/C=C(\C=C/CC)COC.CC.CC.CCC.CCC(C)C.COC1CCN(Cc2ccc(C(=O)NC(CCS(C)(=O)=O)C(=O)O)c(-c3ccccc3C)c2)C1. The summed E-state index contributed by atoms with van der Waals surface area (Å²) in [5.41, 5.74) is 5.21. The lowest BCUT2D eigenvalue weighted by molar-refractivity contribution is -0.139. The molecule has 1 amide bonds. The predicted molar refractivity (Wildman–Crippen MR) is 239 cm³/mol. The third-order valence-electron chi connectivity index (χ3n) is 8.18. The van der Waals surface area contributed by atoms with Gasteiger partial charge in [-0.2, -0.15) is 0 Å². The first-order valence-electron chi connectivity index (χ1n) is 20.6. The summed E-state index contributed by atoms with van der Waals surface area (Å²) in [4.78, 5) is 27.1. The summed E-state index contributed by atoms with van der Waals surface area (Å²) < 4.78 is 33.4. The molecule has 1 fully saturated rings. The van der Waals surface area contributed by atoms with Gasteiger partial charge in [-0.25, -0.2) is 13.2 Å². The number of ether oxygens (including phenoxy) is 2. The number of amides is 1. The number of rotatable bonds is 15. The van der Waals surface area contributed by atoms with E-state index in [0.717, 1.165) is 54.8 Å². The van der Waals surface area contributed by atoms with Gasteiger partial charge < -0.3 is 19.9 Å². The molecular formula is C46H80N2O7S. The molecule has 0 bridgehead atoms. The van der Waals surface area contributed by atoms with Crippen molar-refractivity contribution < 1.29 is 32.6 Å². The van der Waals surface area contributed by atoms with Crippen molar-refractivity contribution in [3.63, 3.8) is 0 Å². The number of hydrogen-bond donors (Lipinski definition) is 2. The topological polar surface area (TPSA) is 122 Å². The first-order valence-corrected chi connectivity index (χ1v) is 22.6. The second-order valence-electron chi connectivity index (χ2n) is 13.5. The summed E-state index contributed by atoms with van der Waals surface area (Å²) in [7, 11) is 0.0707. The van der Waals surface area contributed by atoms with Gasteiger partial charge in [-0.05, 0) is 79.0 Å². The molecule has 0 aromatic heterocycles. The normalized spacial score (nSPS) is 14.3. The van der Waals surface area contributed by atoms with E-state index >= 15 is 0 Å². The monoisotopic (exact) mass is 805 g/mol. The molecule has 3 rings (SSSR count). The first-order chi connectivity index (χ1) is 26.6. The van der Waals surface area contributed by atoms with Crippen molar-refractivity contribution in [1.29, 1.82) is 0 Å². The lowest BCUT2D eigenvalue weighted by Crippen LogP contribution is -2.42. The third kappa shape index (κ3) is 26.5. The van der Waals surface area contributed by atoms with E-state index in [1.807, 2.05) is 77.9 Å². The molecular weight excluding hydrogens is 725 g/mol. The zero-order chi connectivity index (χ0) is 43.7.